The fourth-order valence-electron chi connectivity index (χ4n) is 1.58. The molecule has 0 bridgehead atoms. The van der Waals surface area contributed by atoms with Crippen molar-refractivity contribution < 1.29 is 4.79 Å². The van der Waals surface area contributed by atoms with Crippen molar-refractivity contribution in [2.45, 2.75) is 18.7 Å². The van der Waals surface area contributed by atoms with Gasteiger partial charge in [0.2, 0.25) is 0 Å². The van der Waals surface area contributed by atoms with E-state index in [0.29, 0.717) is 12.1 Å². The van der Waals surface area contributed by atoms with Crippen molar-refractivity contribution in [3.63, 3.8) is 0 Å². The summed E-state index contributed by atoms with van der Waals surface area (Å²) in [7, 11) is 1.71. The molecular formula is C13H16N2OS. The van der Waals surface area contributed by atoms with Crippen LogP contribution in [-0.2, 0) is 0 Å². The van der Waals surface area contributed by atoms with Crippen molar-refractivity contribution in [3.05, 3.63) is 29.3 Å². The van der Waals surface area contributed by atoms with E-state index in [2.05, 4.69) is 18.7 Å². The van der Waals surface area contributed by atoms with Crippen molar-refractivity contribution in [1.29, 1.82) is 5.26 Å². The van der Waals surface area contributed by atoms with Gasteiger partial charge in [-0.15, -0.1) is 12.6 Å². The first kappa shape index (κ1) is 13.6. The molecule has 0 spiro atoms. The van der Waals surface area contributed by atoms with E-state index in [1.165, 1.54) is 0 Å². The number of thiol groups is 1. The molecule has 0 aliphatic heterocycles. The quantitative estimate of drug-likeness (QED) is 0.835. The van der Waals surface area contributed by atoms with Crippen LogP contribution in [0.15, 0.2) is 23.1 Å². The lowest BCUT2D eigenvalue weighted by atomic mass is 10.1. The first-order valence-corrected chi connectivity index (χ1v) is 5.85. The van der Waals surface area contributed by atoms with Gasteiger partial charge in [-0.3, -0.25) is 4.79 Å². The third-order valence-electron chi connectivity index (χ3n) is 2.57. The number of hydrogen-bond donors (Lipinski definition) is 1. The number of rotatable bonds is 3. The monoisotopic (exact) mass is 248 g/mol. The van der Waals surface area contributed by atoms with E-state index in [1.54, 1.807) is 24.9 Å². The fraction of sp³-hybridized carbons (Fsp3) is 0.385. The molecule has 3 nitrogen and oxygen atoms in total. The van der Waals surface area contributed by atoms with Gasteiger partial charge in [0, 0.05) is 24.1 Å². The van der Waals surface area contributed by atoms with Gasteiger partial charge >= 0.3 is 0 Å². The van der Waals surface area contributed by atoms with Crippen LogP contribution in [0.25, 0.3) is 0 Å². The van der Waals surface area contributed by atoms with E-state index in [9.17, 15) is 4.79 Å². The Labute approximate surface area is 107 Å². The summed E-state index contributed by atoms with van der Waals surface area (Å²) >= 11 is 4.23. The molecule has 0 heterocycles. The molecule has 1 amide bonds. The Morgan fingerprint density at radius 1 is 1.59 bits per heavy atom. The highest BCUT2D eigenvalue weighted by Gasteiger charge is 2.16. The number of hydrogen-bond acceptors (Lipinski definition) is 3. The molecule has 0 radical (unpaired) electrons. The molecule has 4 heteroatoms. The van der Waals surface area contributed by atoms with Gasteiger partial charge < -0.3 is 4.90 Å². The maximum absolute atomic E-state index is 12.2. The highest BCUT2D eigenvalue weighted by atomic mass is 32.1. The Morgan fingerprint density at radius 2 is 2.24 bits per heavy atom. The van der Waals surface area contributed by atoms with Gasteiger partial charge in [0.25, 0.3) is 5.91 Å². The molecule has 17 heavy (non-hydrogen) atoms. The Balaban J connectivity index is 2.89. The van der Waals surface area contributed by atoms with Crippen LogP contribution in [-0.4, -0.2) is 24.4 Å². The Bertz CT molecular complexity index is 465. The summed E-state index contributed by atoms with van der Waals surface area (Å²) in [6.45, 7) is 4.12. The zero-order valence-corrected chi connectivity index (χ0v) is 11.2. The van der Waals surface area contributed by atoms with E-state index in [-0.39, 0.29) is 11.8 Å². The lowest BCUT2D eigenvalue weighted by molar-refractivity contribution is 0.0784. The van der Waals surface area contributed by atoms with Crippen LogP contribution < -0.4 is 0 Å². The first-order chi connectivity index (χ1) is 7.95. The standard InChI is InChI=1S/C13H16N2OS/c1-9(7-14)8-15(3)13(16)12-6-11(17)5-4-10(12)2/h4-6,9,17H,8H2,1-3H3. The molecule has 0 saturated carbocycles. The summed E-state index contributed by atoms with van der Waals surface area (Å²) in [6.07, 6.45) is 0. The molecule has 90 valence electrons. The molecule has 0 aromatic heterocycles. The van der Waals surface area contributed by atoms with Crippen LogP contribution in [0, 0.1) is 24.2 Å². The zero-order valence-electron chi connectivity index (χ0n) is 10.3. The molecule has 0 aliphatic rings. The van der Waals surface area contributed by atoms with Crippen molar-refractivity contribution in [1.82, 2.24) is 4.90 Å². The van der Waals surface area contributed by atoms with Gasteiger partial charge in [0.1, 0.15) is 0 Å². The summed E-state index contributed by atoms with van der Waals surface area (Å²) < 4.78 is 0. The molecule has 1 aromatic carbocycles. The minimum absolute atomic E-state index is 0.0690. The zero-order chi connectivity index (χ0) is 13.0. The van der Waals surface area contributed by atoms with Crippen LogP contribution in [0.5, 0.6) is 0 Å². The van der Waals surface area contributed by atoms with Gasteiger partial charge in [0.15, 0.2) is 0 Å². The molecule has 0 aliphatic carbocycles. The maximum Gasteiger partial charge on any atom is 0.253 e. The molecule has 0 saturated heterocycles. The van der Waals surface area contributed by atoms with Gasteiger partial charge in [-0.2, -0.15) is 5.26 Å². The Kier molecular flexibility index (Phi) is 4.59. The minimum Gasteiger partial charge on any atom is -0.340 e. The first-order valence-electron chi connectivity index (χ1n) is 5.40. The Hall–Kier alpha value is -1.47. The molecule has 1 atom stereocenters. The second-order valence-corrected chi connectivity index (χ2v) is 4.73. The largest absolute Gasteiger partial charge is 0.340 e. The molecule has 0 N–H and O–H groups in total. The second kappa shape index (κ2) is 5.74. The topological polar surface area (TPSA) is 44.1 Å². The van der Waals surface area contributed by atoms with Crippen molar-refractivity contribution in [2.24, 2.45) is 5.92 Å². The lowest BCUT2D eigenvalue weighted by Crippen LogP contribution is -2.31. The van der Waals surface area contributed by atoms with Crippen LogP contribution >= 0.6 is 12.6 Å². The van der Waals surface area contributed by atoms with Crippen molar-refractivity contribution in [3.8, 4) is 6.07 Å². The van der Waals surface area contributed by atoms with Gasteiger partial charge in [-0.05, 0) is 31.5 Å². The molecule has 1 rings (SSSR count). The van der Waals surface area contributed by atoms with Crippen LogP contribution in [0.2, 0.25) is 0 Å². The second-order valence-electron chi connectivity index (χ2n) is 4.22. The summed E-state index contributed by atoms with van der Waals surface area (Å²) in [5.41, 5.74) is 1.56. The predicted octanol–water partition coefficient (Wildman–Crippen LogP) is 2.52. The van der Waals surface area contributed by atoms with E-state index >= 15 is 0 Å². The number of carbonyl (C=O) groups is 1. The average molecular weight is 248 g/mol. The molecule has 1 aromatic rings. The van der Waals surface area contributed by atoms with E-state index < -0.39 is 0 Å². The maximum atomic E-state index is 12.2. The smallest absolute Gasteiger partial charge is 0.253 e. The van der Waals surface area contributed by atoms with Gasteiger partial charge in [0.05, 0.1) is 12.0 Å². The van der Waals surface area contributed by atoms with E-state index in [4.69, 9.17) is 5.26 Å². The normalized spacial score (nSPS) is 11.7. The van der Waals surface area contributed by atoms with E-state index in [1.807, 2.05) is 19.1 Å². The molecule has 0 fully saturated rings. The predicted molar refractivity (Wildman–Crippen MR) is 70.2 cm³/mol. The van der Waals surface area contributed by atoms with Crippen LogP contribution in [0.1, 0.15) is 22.8 Å². The minimum atomic E-state index is -0.163. The number of carbonyl (C=O) groups excluding carboxylic acids is 1. The van der Waals surface area contributed by atoms with Crippen LogP contribution in [0.3, 0.4) is 0 Å². The van der Waals surface area contributed by atoms with Crippen molar-refractivity contribution >= 4 is 18.5 Å². The third-order valence-corrected chi connectivity index (χ3v) is 2.84. The number of aryl methyl sites for hydroxylation is 1. The van der Waals surface area contributed by atoms with Crippen molar-refractivity contribution in [2.75, 3.05) is 13.6 Å². The highest BCUT2D eigenvalue weighted by molar-refractivity contribution is 7.80. The van der Waals surface area contributed by atoms with Gasteiger partial charge in [-0.1, -0.05) is 6.07 Å². The number of amides is 1. The fourth-order valence-corrected chi connectivity index (χ4v) is 1.78. The summed E-state index contributed by atoms with van der Waals surface area (Å²) in [6, 6.07) is 7.60. The number of nitriles is 1. The van der Waals surface area contributed by atoms with E-state index in [0.717, 1.165) is 10.5 Å². The Morgan fingerprint density at radius 3 is 2.82 bits per heavy atom. The average Bonchev–Trinajstić information content (AvgIpc) is 2.31. The summed E-state index contributed by atoms with van der Waals surface area (Å²) in [4.78, 5) is 14.5. The number of nitrogens with zero attached hydrogens (tertiary/aromatic N) is 2. The molecule has 1 unspecified atom stereocenters. The van der Waals surface area contributed by atoms with Crippen LogP contribution in [0.4, 0.5) is 0 Å². The summed E-state index contributed by atoms with van der Waals surface area (Å²) in [5, 5.41) is 8.73. The SMILES string of the molecule is Cc1ccc(S)cc1C(=O)N(C)CC(C)C#N. The third kappa shape index (κ3) is 3.50. The highest BCUT2D eigenvalue weighted by Crippen LogP contribution is 2.16. The summed E-state index contributed by atoms with van der Waals surface area (Å²) in [5.74, 6) is -0.232. The lowest BCUT2D eigenvalue weighted by Gasteiger charge is -2.19. The van der Waals surface area contributed by atoms with Gasteiger partial charge in [-0.25, -0.2) is 0 Å². The molecular weight excluding hydrogens is 232 g/mol. The number of benzene rings is 1.